The summed E-state index contributed by atoms with van der Waals surface area (Å²) in [5.41, 5.74) is 2.07. The first kappa shape index (κ1) is 13.3. The second kappa shape index (κ2) is 5.55. The van der Waals surface area contributed by atoms with Gasteiger partial charge in [0.05, 0.1) is 0 Å². The zero-order valence-electron chi connectivity index (χ0n) is 9.79. The minimum absolute atomic E-state index is 0.0782. The Kier molecular flexibility index (Phi) is 4.62. The van der Waals surface area contributed by atoms with E-state index in [4.69, 9.17) is 0 Å². The first-order valence-corrected chi connectivity index (χ1v) is 6.51. The van der Waals surface area contributed by atoms with Gasteiger partial charge >= 0.3 is 0 Å². The van der Waals surface area contributed by atoms with Gasteiger partial charge in [-0.3, -0.25) is 9.59 Å². The van der Waals surface area contributed by atoms with Crippen LogP contribution in [0.3, 0.4) is 0 Å². The van der Waals surface area contributed by atoms with Gasteiger partial charge in [-0.2, -0.15) is 0 Å². The second-order valence-corrected chi connectivity index (χ2v) is 6.01. The molecule has 0 N–H and O–H groups in total. The van der Waals surface area contributed by atoms with Crippen LogP contribution in [0.2, 0.25) is 0 Å². The number of carbonyl (C=O) groups excluding carboxylic acids is 2. The van der Waals surface area contributed by atoms with Crippen molar-refractivity contribution in [2.45, 2.75) is 37.5 Å². The molecule has 16 heavy (non-hydrogen) atoms. The summed E-state index contributed by atoms with van der Waals surface area (Å²) < 4.78 is 0. The largest absolute Gasteiger partial charge is 0.287 e. The molecule has 0 atom stereocenters. The lowest BCUT2D eigenvalue weighted by molar-refractivity contribution is -0.109. The Balaban J connectivity index is 3.06. The van der Waals surface area contributed by atoms with Crippen molar-refractivity contribution in [3.05, 3.63) is 23.3 Å². The zero-order chi connectivity index (χ0) is 12.3. The van der Waals surface area contributed by atoms with Crippen molar-refractivity contribution >= 4 is 33.8 Å². The topological polar surface area (TPSA) is 34.1 Å². The van der Waals surface area contributed by atoms with Gasteiger partial charge in [-0.25, -0.2) is 0 Å². The summed E-state index contributed by atoms with van der Waals surface area (Å²) in [5.74, 6) is 0. The fourth-order valence-electron chi connectivity index (χ4n) is 1.29. The molecule has 0 saturated heterocycles. The molecular weight excluding hydrogens is 240 g/mol. The van der Waals surface area contributed by atoms with Crippen LogP contribution in [0.1, 0.15) is 25.0 Å². The molecule has 0 saturated carbocycles. The Morgan fingerprint density at radius 1 is 0.875 bits per heavy atom. The first-order chi connectivity index (χ1) is 7.40. The van der Waals surface area contributed by atoms with E-state index in [0.717, 1.165) is 20.9 Å². The molecule has 2 nitrogen and oxygen atoms in total. The number of benzene rings is 1. The van der Waals surface area contributed by atoms with Crippen molar-refractivity contribution in [2.24, 2.45) is 0 Å². The summed E-state index contributed by atoms with van der Waals surface area (Å²) in [4.78, 5) is 24.0. The van der Waals surface area contributed by atoms with E-state index in [1.807, 2.05) is 26.0 Å². The van der Waals surface area contributed by atoms with E-state index in [9.17, 15) is 9.59 Å². The first-order valence-electron chi connectivity index (χ1n) is 4.88. The Morgan fingerprint density at radius 2 is 1.19 bits per heavy atom. The summed E-state index contributed by atoms with van der Waals surface area (Å²) in [7, 11) is 0. The van der Waals surface area contributed by atoms with Gasteiger partial charge in [-0.1, -0.05) is 23.5 Å². The van der Waals surface area contributed by atoms with E-state index in [1.54, 1.807) is 13.8 Å². The Labute approximate surface area is 104 Å². The minimum Gasteiger partial charge on any atom is -0.287 e. The van der Waals surface area contributed by atoms with Crippen molar-refractivity contribution in [3.8, 4) is 0 Å². The molecule has 0 aromatic heterocycles. The van der Waals surface area contributed by atoms with E-state index < -0.39 is 0 Å². The highest BCUT2D eigenvalue weighted by molar-refractivity contribution is 8.14. The minimum atomic E-state index is 0.0782. The van der Waals surface area contributed by atoms with Crippen LogP contribution in [-0.4, -0.2) is 10.2 Å². The number of rotatable bonds is 2. The van der Waals surface area contributed by atoms with E-state index in [0.29, 0.717) is 0 Å². The van der Waals surface area contributed by atoms with E-state index in [-0.39, 0.29) is 10.2 Å². The van der Waals surface area contributed by atoms with Gasteiger partial charge in [0.1, 0.15) is 0 Å². The number of aryl methyl sites for hydroxylation is 2. The second-order valence-electron chi connectivity index (χ2n) is 3.57. The van der Waals surface area contributed by atoms with Crippen molar-refractivity contribution in [1.82, 2.24) is 0 Å². The SMILES string of the molecule is CC(=O)Sc1cc(C)c(SC(C)=O)cc1C. The maximum Gasteiger partial charge on any atom is 0.190 e. The van der Waals surface area contributed by atoms with E-state index >= 15 is 0 Å². The Hall–Kier alpha value is -0.740. The average molecular weight is 254 g/mol. The molecule has 0 amide bonds. The molecule has 0 aliphatic heterocycles. The number of hydrogen-bond acceptors (Lipinski definition) is 4. The van der Waals surface area contributed by atoms with Crippen LogP contribution in [0.15, 0.2) is 21.9 Å². The smallest absolute Gasteiger partial charge is 0.190 e. The average Bonchev–Trinajstić information content (AvgIpc) is 2.11. The fraction of sp³-hybridized carbons (Fsp3) is 0.333. The molecule has 0 aliphatic rings. The normalized spacial score (nSPS) is 10.2. The number of thioether (sulfide) groups is 2. The van der Waals surface area contributed by atoms with Crippen molar-refractivity contribution < 1.29 is 9.59 Å². The summed E-state index contributed by atoms with van der Waals surface area (Å²) in [6, 6.07) is 3.93. The molecule has 0 spiro atoms. The molecule has 86 valence electrons. The summed E-state index contributed by atoms with van der Waals surface area (Å²) >= 11 is 2.47. The fourth-order valence-corrected chi connectivity index (χ4v) is 2.82. The van der Waals surface area contributed by atoms with Gasteiger partial charge in [0.2, 0.25) is 0 Å². The van der Waals surface area contributed by atoms with Crippen molar-refractivity contribution in [1.29, 1.82) is 0 Å². The molecular formula is C12H14O2S2. The number of hydrogen-bond donors (Lipinski definition) is 0. The summed E-state index contributed by atoms with van der Waals surface area (Å²) in [6.07, 6.45) is 0. The van der Waals surface area contributed by atoms with Crippen molar-refractivity contribution in [2.75, 3.05) is 0 Å². The molecule has 0 fully saturated rings. The molecule has 4 heteroatoms. The zero-order valence-corrected chi connectivity index (χ0v) is 11.4. The highest BCUT2D eigenvalue weighted by atomic mass is 32.2. The summed E-state index contributed by atoms with van der Waals surface area (Å²) in [5, 5.41) is 0.156. The molecule has 0 aliphatic carbocycles. The molecule has 1 aromatic rings. The molecule has 0 bridgehead atoms. The quantitative estimate of drug-likeness (QED) is 0.755. The van der Waals surface area contributed by atoms with Crippen LogP contribution in [0.4, 0.5) is 0 Å². The van der Waals surface area contributed by atoms with Crippen LogP contribution < -0.4 is 0 Å². The van der Waals surface area contributed by atoms with Gasteiger partial charge in [-0.05, 0) is 37.1 Å². The maximum atomic E-state index is 11.0. The highest BCUT2D eigenvalue weighted by Crippen LogP contribution is 2.31. The Bertz CT molecular complexity index is 397. The van der Waals surface area contributed by atoms with Gasteiger partial charge in [0.25, 0.3) is 0 Å². The molecule has 0 unspecified atom stereocenters. The van der Waals surface area contributed by atoms with Crippen LogP contribution in [0, 0.1) is 13.8 Å². The predicted molar refractivity (Wildman–Crippen MR) is 69.0 cm³/mol. The highest BCUT2D eigenvalue weighted by Gasteiger charge is 2.09. The van der Waals surface area contributed by atoms with Gasteiger partial charge in [0.15, 0.2) is 10.2 Å². The van der Waals surface area contributed by atoms with Crippen LogP contribution >= 0.6 is 23.5 Å². The Morgan fingerprint density at radius 3 is 1.44 bits per heavy atom. The molecule has 1 rings (SSSR count). The van der Waals surface area contributed by atoms with Gasteiger partial charge < -0.3 is 0 Å². The van der Waals surface area contributed by atoms with Crippen LogP contribution in [-0.2, 0) is 9.59 Å². The van der Waals surface area contributed by atoms with Crippen LogP contribution in [0.5, 0.6) is 0 Å². The molecule has 0 radical (unpaired) electrons. The molecule has 1 aromatic carbocycles. The van der Waals surface area contributed by atoms with Gasteiger partial charge in [0, 0.05) is 23.6 Å². The summed E-state index contributed by atoms with van der Waals surface area (Å²) in [6.45, 7) is 7.01. The van der Waals surface area contributed by atoms with E-state index in [1.165, 1.54) is 23.5 Å². The maximum absolute atomic E-state index is 11.0. The lowest BCUT2D eigenvalue weighted by Gasteiger charge is -2.09. The standard InChI is InChI=1S/C12H14O2S2/c1-7-5-12(16-10(4)14)8(2)6-11(7)15-9(3)13/h5-6H,1-4H3. The van der Waals surface area contributed by atoms with E-state index in [2.05, 4.69) is 0 Å². The predicted octanol–water partition coefficient (Wildman–Crippen LogP) is 3.58. The lowest BCUT2D eigenvalue weighted by atomic mass is 10.2. The van der Waals surface area contributed by atoms with Gasteiger partial charge in [-0.15, -0.1) is 0 Å². The number of carbonyl (C=O) groups is 2. The monoisotopic (exact) mass is 254 g/mol. The third-order valence-electron chi connectivity index (χ3n) is 1.98. The lowest BCUT2D eigenvalue weighted by Crippen LogP contribution is -1.91. The molecule has 0 heterocycles. The van der Waals surface area contributed by atoms with Crippen molar-refractivity contribution in [3.63, 3.8) is 0 Å². The third kappa shape index (κ3) is 3.68. The third-order valence-corrected chi connectivity index (χ3v) is 3.87. The van der Waals surface area contributed by atoms with Crippen LogP contribution in [0.25, 0.3) is 0 Å².